The highest BCUT2D eigenvalue weighted by Gasteiger charge is 2.61. The van der Waals surface area contributed by atoms with Crippen LogP contribution >= 0.6 is 11.8 Å². The van der Waals surface area contributed by atoms with Crippen LogP contribution in [0.4, 0.5) is 4.79 Å². The number of hydrogen-bond acceptors (Lipinski definition) is 13. The summed E-state index contributed by atoms with van der Waals surface area (Å²) in [6.07, 6.45) is 17.4. The van der Waals surface area contributed by atoms with E-state index in [1.54, 1.807) is 12.1 Å². The molecule has 1 aromatic rings. The summed E-state index contributed by atoms with van der Waals surface area (Å²) in [5.74, 6) is 0.839. The minimum Gasteiger partial charge on any atom is -0.508 e. The number of phenols is 1. The third kappa shape index (κ3) is 19.6. The van der Waals surface area contributed by atoms with E-state index in [-0.39, 0.29) is 55.2 Å². The summed E-state index contributed by atoms with van der Waals surface area (Å²) in [4.78, 5) is 108. The molecule has 13 N–H and O–H groups in total. The number of nitrogens with one attached hydrogen (secondary N) is 6. The SMILES string of the molecule is CSCC[C@H](NC(=O)O[C@H]1CC[C@@]2(C)C(CC[C@H]3C4CC[C@H]([C@H](C)CCCC(C)C)[C@@]4(C)CC[C@@H]32)C1)C(=O)NCC(=O)N[C@@H](Cc1ccc(O)cc1)C(=O)N[C@@H](CCC(N)=O)C(=O)N[C@@H](CCCCN)C(=O)N[C@@H](CCCCN)C(C)=O. The van der Waals surface area contributed by atoms with Crippen molar-refractivity contribution in [2.75, 3.05) is 31.6 Å². The molecule has 4 fully saturated rings. The summed E-state index contributed by atoms with van der Waals surface area (Å²) in [6, 6.07) is 0.178. The van der Waals surface area contributed by atoms with E-state index in [0.717, 1.165) is 55.3 Å². The van der Waals surface area contributed by atoms with Gasteiger partial charge in [0.05, 0.1) is 12.6 Å². The van der Waals surface area contributed by atoms with E-state index in [9.17, 15) is 43.5 Å². The van der Waals surface area contributed by atoms with Crippen LogP contribution in [-0.4, -0.2) is 120 Å². The van der Waals surface area contributed by atoms with Crippen LogP contribution in [0.5, 0.6) is 5.75 Å². The molecule has 0 radical (unpaired) electrons. The molecule has 7 amide bonds. The average molecular weight is 1170 g/mol. The van der Waals surface area contributed by atoms with Crippen molar-refractivity contribution in [2.45, 2.75) is 219 Å². The van der Waals surface area contributed by atoms with Crippen LogP contribution in [0.25, 0.3) is 0 Å². The lowest BCUT2D eigenvalue weighted by molar-refractivity contribution is -0.135. The van der Waals surface area contributed by atoms with Crippen molar-refractivity contribution in [3.63, 3.8) is 0 Å². The zero-order valence-corrected chi connectivity index (χ0v) is 51.3. The fourth-order valence-corrected chi connectivity index (χ4v) is 15.3. The first kappa shape index (κ1) is 67.8. The van der Waals surface area contributed by atoms with E-state index in [1.807, 2.05) is 6.26 Å². The van der Waals surface area contributed by atoms with Crippen LogP contribution < -0.4 is 49.1 Å². The third-order valence-electron chi connectivity index (χ3n) is 19.4. The maximum absolute atomic E-state index is 14.3. The number of rotatable bonds is 34. The van der Waals surface area contributed by atoms with Crippen molar-refractivity contribution in [3.05, 3.63) is 29.8 Å². The van der Waals surface area contributed by atoms with Gasteiger partial charge in [-0.05, 0) is 211 Å². The zero-order chi connectivity index (χ0) is 60.1. The van der Waals surface area contributed by atoms with Gasteiger partial charge < -0.3 is 58.9 Å². The number of fused-ring (bicyclic) bond motifs is 5. The van der Waals surface area contributed by atoms with Crippen molar-refractivity contribution < 1.29 is 48.2 Å². The molecule has 14 atom stereocenters. The number of ketones is 1. The number of aromatic hydroxyl groups is 1. The number of ether oxygens (including phenoxy) is 1. The summed E-state index contributed by atoms with van der Waals surface area (Å²) >= 11 is 1.50. The minimum absolute atomic E-state index is 0.0336. The van der Waals surface area contributed by atoms with Crippen molar-refractivity contribution >= 4 is 59.1 Å². The second kappa shape index (κ2) is 32.9. The maximum Gasteiger partial charge on any atom is 0.408 e. The highest BCUT2D eigenvalue weighted by molar-refractivity contribution is 7.98. The highest BCUT2D eigenvalue weighted by atomic mass is 32.2. The summed E-state index contributed by atoms with van der Waals surface area (Å²) in [7, 11) is 0. The smallest absolute Gasteiger partial charge is 0.408 e. The van der Waals surface area contributed by atoms with Gasteiger partial charge in [0.2, 0.25) is 35.4 Å². The van der Waals surface area contributed by atoms with Gasteiger partial charge in [0, 0.05) is 12.8 Å². The Kier molecular flexibility index (Phi) is 27.2. The van der Waals surface area contributed by atoms with E-state index < -0.39 is 78.3 Å². The molecule has 82 heavy (non-hydrogen) atoms. The Morgan fingerprint density at radius 3 is 1.88 bits per heavy atom. The van der Waals surface area contributed by atoms with Gasteiger partial charge in [-0.15, -0.1) is 0 Å². The predicted octanol–water partition coefficient (Wildman–Crippen LogP) is 6.44. The Morgan fingerprint density at radius 2 is 1.26 bits per heavy atom. The van der Waals surface area contributed by atoms with E-state index >= 15 is 0 Å². The quantitative estimate of drug-likeness (QED) is 0.0333. The first-order valence-electron chi connectivity index (χ1n) is 30.9. The lowest BCUT2D eigenvalue weighted by Gasteiger charge is -2.61. The molecule has 0 aromatic heterocycles. The second-order valence-corrected chi connectivity index (χ2v) is 26.5. The molecule has 0 saturated heterocycles. The van der Waals surface area contributed by atoms with E-state index in [0.29, 0.717) is 73.8 Å². The molecule has 4 aliphatic carbocycles. The number of unbranched alkanes of at least 4 members (excludes halogenated alkanes) is 2. The molecule has 4 aliphatic rings. The van der Waals surface area contributed by atoms with Crippen LogP contribution in [0.2, 0.25) is 0 Å². The van der Waals surface area contributed by atoms with E-state index in [2.05, 4.69) is 66.5 Å². The molecule has 5 rings (SSSR count). The molecular weight excluding hydrogens is 1060 g/mol. The average Bonchev–Trinajstić information content (AvgIpc) is 3.85. The summed E-state index contributed by atoms with van der Waals surface area (Å²) < 4.78 is 6.13. The Morgan fingerprint density at radius 1 is 0.659 bits per heavy atom. The van der Waals surface area contributed by atoms with E-state index in [4.69, 9.17) is 21.9 Å². The van der Waals surface area contributed by atoms with Gasteiger partial charge in [0.25, 0.3) is 0 Å². The van der Waals surface area contributed by atoms with Crippen LogP contribution in [0.3, 0.4) is 0 Å². The number of carbonyl (C=O) groups excluding carboxylic acids is 8. The molecule has 0 spiro atoms. The first-order chi connectivity index (χ1) is 39.0. The Balaban J connectivity index is 1.19. The number of primary amides is 1. The van der Waals surface area contributed by atoms with Crippen molar-refractivity contribution in [2.24, 2.45) is 69.5 Å². The molecule has 2 unspecified atom stereocenters. The number of carbonyl (C=O) groups is 8. The minimum atomic E-state index is -1.42. The van der Waals surface area contributed by atoms with Crippen LogP contribution in [-0.2, 0) is 44.7 Å². The number of benzene rings is 1. The number of hydrogen-bond donors (Lipinski definition) is 10. The monoisotopic (exact) mass is 1170 g/mol. The number of amides is 7. The van der Waals surface area contributed by atoms with Crippen LogP contribution in [0.15, 0.2) is 24.3 Å². The normalized spacial score (nSPS) is 26.0. The standard InChI is InChI=1S/C62H103N9O10S/c1-38(2)13-12-14-39(3)46-23-24-47-45-22-19-42-36-44(27-30-61(42,5)48(45)28-31-62(46,47)6)81-60(80)71-52(29-34-82-7)56(76)66-37-55(75)67-53(35-41-17-20-43(73)21-18-41)59(79)70-51(25-26-54(65)74)58(78)69-50(16-9-11-33-64)57(77)68-49(40(4)72)15-8-10-32-63/h17-18,20-21,38-39,42,44-53,73H,8-16,19,22-37,63-64H2,1-7H3,(H2,65,74)(H,66,76)(H,67,75)(H,68,77)(H,69,78)(H,70,79)(H,71,80)/t39-,42?,44+,45+,46-,47?,48+,49+,50+,51+,52+,53+,61+,62-/m1/s1. The largest absolute Gasteiger partial charge is 0.508 e. The first-order valence-corrected chi connectivity index (χ1v) is 32.3. The summed E-state index contributed by atoms with van der Waals surface area (Å²) in [5.41, 5.74) is 18.0. The Labute approximate surface area is 492 Å². The van der Waals surface area contributed by atoms with Gasteiger partial charge in [-0.1, -0.05) is 66.0 Å². The van der Waals surface area contributed by atoms with Crippen molar-refractivity contribution in [3.8, 4) is 5.75 Å². The molecule has 20 heteroatoms. The van der Waals surface area contributed by atoms with Gasteiger partial charge in [0.1, 0.15) is 36.0 Å². The van der Waals surface area contributed by atoms with Gasteiger partial charge in [0.15, 0.2) is 5.78 Å². The molecule has 462 valence electrons. The number of Topliss-reactive ketones (excluding diaryl/α,β-unsaturated/α-hetero) is 1. The molecule has 0 bridgehead atoms. The number of nitrogens with two attached hydrogens (primary N) is 3. The topological polar surface area (TPSA) is 316 Å². The second-order valence-electron chi connectivity index (χ2n) is 25.5. The van der Waals surface area contributed by atoms with Gasteiger partial charge in [-0.25, -0.2) is 4.79 Å². The van der Waals surface area contributed by atoms with Gasteiger partial charge >= 0.3 is 6.09 Å². The zero-order valence-electron chi connectivity index (χ0n) is 50.5. The molecule has 0 heterocycles. The Bertz CT molecular complexity index is 2270. The fourth-order valence-electron chi connectivity index (χ4n) is 14.8. The van der Waals surface area contributed by atoms with Crippen LogP contribution in [0.1, 0.15) is 182 Å². The maximum atomic E-state index is 14.3. The molecular formula is C62H103N9O10S. The lowest BCUT2D eigenvalue weighted by Crippen LogP contribution is -2.58. The number of phenolic OH excluding ortho intramolecular Hbond substituents is 1. The van der Waals surface area contributed by atoms with Gasteiger partial charge in [-0.3, -0.25) is 33.6 Å². The lowest BCUT2D eigenvalue weighted by atomic mass is 9.44. The summed E-state index contributed by atoms with van der Waals surface area (Å²) in [5, 5.41) is 26.1. The summed E-state index contributed by atoms with van der Waals surface area (Å²) in [6.45, 7) is 13.9. The van der Waals surface area contributed by atoms with Gasteiger partial charge in [-0.2, -0.15) is 11.8 Å². The predicted molar refractivity (Wildman–Crippen MR) is 321 cm³/mol. The highest BCUT2D eigenvalue weighted by Crippen LogP contribution is 2.68. The van der Waals surface area contributed by atoms with Crippen molar-refractivity contribution in [1.29, 1.82) is 0 Å². The van der Waals surface area contributed by atoms with Crippen molar-refractivity contribution in [1.82, 2.24) is 31.9 Å². The molecule has 19 nitrogen and oxygen atoms in total. The number of thioether (sulfide) groups is 1. The molecule has 4 saturated carbocycles. The van der Waals surface area contributed by atoms with Crippen LogP contribution in [0, 0.1) is 52.3 Å². The number of alkyl carbamates (subject to hydrolysis) is 1. The van der Waals surface area contributed by atoms with E-state index in [1.165, 1.54) is 82.2 Å². The molecule has 0 aliphatic heterocycles. The molecule has 1 aromatic carbocycles. The third-order valence-corrected chi connectivity index (χ3v) is 20.1. The fraction of sp³-hybridized carbons (Fsp3) is 0.774. The Hall–Kier alpha value is -4.95.